The molecule has 0 saturated carbocycles. The number of carbonyl (C=O) groups excluding carboxylic acids is 1. The zero-order valence-corrected chi connectivity index (χ0v) is 7.73. The number of imidazole rings is 1. The number of rotatable bonds is 2. The van der Waals surface area contributed by atoms with Crippen LogP contribution in [0.2, 0.25) is 0 Å². The molecule has 2 aromatic heterocycles. The van der Waals surface area contributed by atoms with Crippen LogP contribution in [0.4, 0.5) is 0 Å². The van der Waals surface area contributed by atoms with Crippen molar-refractivity contribution in [1.82, 2.24) is 9.38 Å². The van der Waals surface area contributed by atoms with Crippen LogP contribution in [0.1, 0.15) is 18.8 Å². The van der Waals surface area contributed by atoms with Crippen molar-refractivity contribution < 1.29 is 10.9 Å². The smallest absolute Gasteiger partial charge is 0.355 e. The van der Waals surface area contributed by atoms with Gasteiger partial charge in [0.25, 0.3) is 0 Å². The molecule has 4 nitrogen and oxygen atoms in total. The molecule has 0 N–H and O–H groups in total. The average molecular weight is 191 g/mol. The van der Waals surface area contributed by atoms with Crippen molar-refractivity contribution in [3.05, 3.63) is 36.3 Å². The molecule has 0 aliphatic carbocycles. The van der Waals surface area contributed by atoms with Gasteiger partial charge in [0.15, 0.2) is 0 Å². The number of carbonyl (C=O) groups is 1. The van der Waals surface area contributed by atoms with Crippen molar-refractivity contribution >= 4 is 11.6 Å². The van der Waals surface area contributed by atoms with E-state index in [1.807, 2.05) is 0 Å². The van der Waals surface area contributed by atoms with Gasteiger partial charge in [-0.2, -0.15) is 0 Å². The minimum Gasteiger partial charge on any atom is -0.461 e. The third-order valence-corrected chi connectivity index (χ3v) is 1.84. The van der Waals surface area contributed by atoms with Gasteiger partial charge in [0.1, 0.15) is 11.3 Å². The summed E-state index contributed by atoms with van der Waals surface area (Å²) < 4.78 is 14.0. The second-order valence-corrected chi connectivity index (χ2v) is 2.70. The molecule has 0 bridgehead atoms. The van der Waals surface area contributed by atoms with Crippen molar-refractivity contribution in [1.29, 1.82) is 0 Å². The average Bonchev–Trinajstić information content (AvgIpc) is 2.68. The summed E-state index contributed by atoms with van der Waals surface area (Å²) >= 11 is 0. The summed E-state index contributed by atoms with van der Waals surface area (Å²) in [5.74, 6) is -0.402. The zero-order valence-electron chi connectivity index (χ0n) is 8.73. The Kier molecular flexibility index (Phi) is 1.88. The molecule has 72 valence electrons. The maximum Gasteiger partial charge on any atom is 0.355 e. The van der Waals surface area contributed by atoms with Gasteiger partial charge in [-0.25, -0.2) is 9.78 Å². The van der Waals surface area contributed by atoms with Gasteiger partial charge in [0, 0.05) is 12.4 Å². The maximum absolute atomic E-state index is 11.5. The highest BCUT2D eigenvalue weighted by Crippen LogP contribution is 2.06. The summed E-state index contributed by atoms with van der Waals surface area (Å²) in [5.41, 5.74) is 0.848. The highest BCUT2D eigenvalue weighted by Gasteiger charge is 2.09. The predicted octanol–water partition coefficient (Wildman–Crippen LogP) is 1.51. The van der Waals surface area contributed by atoms with E-state index in [9.17, 15) is 4.79 Å². The summed E-state index contributed by atoms with van der Waals surface area (Å²) in [4.78, 5) is 15.5. The van der Waals surface area contributed by atoms with Gasteiger partial charge < -0.3 is 4.74 Å². The fourth-order valence-corrected chi connectivity index (χ4v) is 1.25. The number of pyridine rings is 1. The van der Waals surface area contributed by atoms with Gasteiger partial charge in [-0.15, -0.1) is 0 Å². The minimum atomic E-state index is -0.402. The van der Waals surface area contributed by atoms with Crippen LogP contribution in [-0.2, 0) is 4.74 Å². The van der Waals surface area contributed by atoms with E-state index in [1.54, 1.807) is 29.8 Å². The van der Waals surface area contributed by atoms with Crippen molar-refractivity contribution in [3.8, 4) is 0 Å². The van der Waals surface area contributed by atoms with Crippen molar-refractivity contribution in [2.75, 3.05) is 6.61 Å². The van der Waals surface area contributed by atoms with Crippen molar-refractivity contribution in [2.24, 2.45) is 0 Å². The minimum absolute atomic E-state index is 0.285. The van der Waals surface area contributed by atoms with E-state index in [0.29, 0.717) is 17.9 Å². The van der Waals surface area contributed by atoms with Gasteiger partial charge in [0.05, 0.1) is 7.98 Å². The number of fused-ring (bicyclic) bond motifs is 1. The zero-order chi connectivity index (χ0) is 10.8. The third kappa shape index (κ3) is 1.35. The number of hydrogen-bond donors (Lipinski definition) is 0. The van der Waals surface area contributed by atoms with E-state index >= 15 is 0 Å². The molecule has 0 fully saturated rings. The van der Waals surface area contributed by atoms with Crippen LogP contribution in [0.15, 0.2) is 30.6 Å². The van der Waals surface area contributed by atoms with Gasteiger partial charge in [-0.3, -0.25) is 4.40 Å². The Bertz CT molecular complexity index is 507. The lowest BCUT2D eigenvalue weighted by molar-refractivity contribution is 0.0517. The summed E-state index contributed by atoms with van der Waals surface area (Å²) in [6.07, 6.45) is 3.19. The van der Waals surface area contributed by atoms with Crippen LogP contribution >= 0.6 is 0 Å². The molecule has 0 aliphatic rings. The monoisotopic (exact) mass is 191 g/mol. The molecule has 2 aromatic rings. The highest BCUT2D eigenvalue weighted by molar-refractivity contribution is 5.88. The van der Waals surface area contributed by atoms with Crippen LogP contribution < -0.4 is 0 Å². The number of nitrogens with zero attached hydrogens (tertiary/aromatic N) is 2. The first kappa shape index (κ1) is 7.55. The molecule has 0 aliphatic heterocycles. The molecule has 0 saturated heterocycles. The van der Waals surface area contributed by atoms with E-state index in [2.05, 4.69) is 4.98 Å². The summed E-state index contributed by atoms with van der Waals surface area (Å²) in [5, 5.41) is 0. The standard InChI is InChI=1S/C10H10N2O2/c1-2-14-10(13)8-4-3-5-9-11-6-7-12(8)9/h3-7H,2H2,1H3/i5D. The van der Waals surface area contributed by atoms with Crippen LogP contribution in [0.3, 0.4) is 0 Å². The molecular formula is C10H10N2O2. The predicted molar refractivity (Wildman–Crippen MR) is 51.1 cm³/mol. The van der Waals surface area contributed by atoms with Gasteiger partial charge in [-0.05, 0) is 19.0 Å². The lowest BCUT2D eigenvalue weighted by atomic mass is 10.3. The molecule has 4 heteroatoms. The van der Waals surface area contributed by atoms with Crippen LogP contribution in [0.5, 0.6) is 0 Å². The number of esters is 1. The lowest BCUT2D eigenvalue weighted by Gasteiger charge is -2.03. The maximum atomic E-state index is 11.5. The van der Waals surface area contributed by atoms with E-state index < -0.39 is 5.97 Å². The lowest BCUT2D eigenvalue weighted by Crippen LogP contribution is -2.09. The van der Waals surface area contributed by atoms with E-state index in [0.717, 1.165) is 0 Å². The van der Waals surface area contributed by atoms with Gasteiger partial charge >= 0.3 is 5.97 Å². The molecule has 14 heavy (non-hydrogen) atoms. The first-order chi connectivity index (χ1) is 7.24. The molecule has 2 heterocycles. The number of hydrogen-bond acceptors (Lipinski definition) is 3. The molecule has 0 unspecified atom stereocenters. The quantitative estimate of drug-likeness (QED) is 0.676. The van der Waals surface area contributed by atoms with E-state index in [-0.39, 0.29) is 6.04 Å². The van der Waals surface area contributed by atoms with Crippen molar-refractivity contribution in [3.63, 3.8) is 0 Å². The SMILES string of the molecule is [2H]c1ccc(C(=O)OCC)n2ccnc12. The molecule has 2 rings (SSSR count). The fraction of sp³-hybridized carbons (Fsp3) is 0.200. The van der Waals surface area contributed by atoms with Crippen LogP contribution in [-0.4, -0.2) is 22.0 Å². The fourth-order valence-electron chi connectivity index (χ4n) is 1.25. The summed E-state index contributed by atoms with van der Waals surface area (Å²) in [7, 11) is 0. The Morgan fingerprint density at radius 3 is 3.43 bits per heavy atom. The Morgan fingerprint density at radius 2 is 2.64 bits per heavy atom. The Hall–Kier alpha value is -1.84. The molecule has 0 aromatic carbocycles. The van der Waals surface area contributed by atoms with E-state index in [4.69, 9.17) is 6.11 Å². The topological polar surface area (TPSA) is 43.6 Å². The number of aromatic nitrogens is 2. The van der Waals surface area contributed by atoms with Crippen molar-refractivity contribution in [2.45, 2.75) is 6.92 Å². The molecule has 0 radical (unpaired) electrons. The normalized spacial score (nSPS) is 11.4. The second kappa shape index (κ2) is 3.49. The largest absolute Gasteiger partial charge is 0.461 e. The molecule has 0 amide bonds. The second-order valence-electron chi connectivity index (χ2n) is 2.70. The Balaban J connectivity index is 2.57. The first-order valence-corrected chi connectivity index (χ1v) is 4.34. The summed E-state index contributed by atoms with van der Waals surface area (Å²) in [6, 6.07) is 3.39. The van der Waals surface area contributed by atoms with E-state index in [1.165, 1.54) is 6.07 Å². The van der Waals surface area contributed by atoms with Crippen LogP contribution in [0.25, 0.3) is 5.65 Å². The Labute approximate surface area is 82.5 Å². The molecular weight excluding hydrogens is 180 g/mol. The third-order valence-electron chi connectivity index (χ3n) is 1.84. The highest BCUT2D eigenvalue weighted by atomic mass is 16.5. The molecule has 0 atom stereocenters. The molecule has 0 spiro atoms. The number of ether oxygens (including phenoxy) is 1. The van der Waals surface area contributed by atoms with Crippen LogP contribution in [0, 0.1) is 0 Å². The Morgan fingerprint density at radius 1 is 1.79 bits per heavy atom. The first-order valence-electron chi connectivity index (χ1n) is 4.84. The summed E-state index contributed by atoms with van der Waals surface area (Å²) in [6.45, 7) is 2.08. The van der Waals surface area contributed by atoms with Gasteiger partial charge in [0.2, 0.25) is 0 Å². The van der Waals surface area contributed by atoms with Gasteiger partial charge in [-0.1, -0.05) is 6.07 Å².